The van der Waals surface area contributed by atoms with Gasteiger partial charge in [-0.3, -0.25) is 4.79 Å². The number of hydrogen-bond donors (Lipinski definition) is 0. The van der Waals surface area contributed by atoms with E-state index in [0.29, 0.717) is 25.6 Å². The first kappa shape index (κ1) is 20.1. The van der Waals surface area contributed by atoms with Crippen LogP contribution in [-0.4, -0.2) is 60.5 Å². The number of aromatic nitrogens is 2. The molecule has 1 aromatic heterocycles. The first-order valence-electron chi connectivity index (χ1n) is 10.2. The Labute approximate surface area is 168 Å². The molecule has 1 fully saturated rings. The Morgan fingerprint density at radius 1 is 1.07 bits per heavy atom. The lowest BCUT2D eigenvalue weighted by molar-refractivity contribution is 0.0769. The van der Waals surface area contributed by atoms with Gasteiger partial charge in [0.2, 0.25) is 5.95 Å². The van der Waals surface area contributed by atoms with Crippen molar-refractivity contribution in [3.05, 3.63) is 47.3 Å². The molecule has 0 aliphatic carbocycles. The number of para-hydroxylation sites is 1. The molecule has 1 aromatic carbocycles. The van der Waals surface area contributed by atoms with Crippen molar-refractivity contribution in [2.24, 2.45) is 0 Å². The van der Waals surface area contributed by atoms with Crippen LogP contribution in [0.15, 0.2) is 30.3 Å². The number of anilines is 2. The Morgan fingerprint density at radius 3 is 2.36 bits per heavy atom. The molecule has 0 spiro atoms. The highest BCUT2D eigenvalue weighted by Gasteiger charge is 2.22. The minimum atomic E-state index is 0.0970. The number of likely N-dealkylation sites (N-methyl/N-ethyl adjacent to an activating group) is 2. The monoisotopic (exact) mass is 381 g/mol. The molecule has 1 aliphatic rings. The van der Waals surface area contributed by atoms with Gasteiger partial charge in [0.1, 0.15) is 0 Å². The zero-order valence-electron chi connectivity index (χ0n) is 17.5. The second-order valence-electron chi connectivity index (χ2n) is 7.47. The molecule has 0 atom stereocenters. The molecule has 150 valence electrons. The van der Waals surface area contributed by atoms with E-state index in [4.69, 9.17) is 0 Å². The third kappa shape index (κ3) is 4.61. The Morgan fingerprint density at radius 2 is 1.71 bits per heavy atom. The van der Waals surface area contributed by atoms with Crippen LogP contribution in [0.4, 0.5) is 11.6 Å². The molecule has 28 heavy (non-hydrogen) atoms. The Hall–Kier alpha value is -2.63. The van der Waals surface area contributed by atoms with E-state index in [1.54, 1.807) is 0 Å². The van der Waals surface area contributed by atoms with E-state index in [1.165, 1.54) is 12.8 Å². The summed E-state index contributed by atoms with van der Waals surface area (Å²) >= 11 is 0. The normalized spacial score (nSPS) is 13.6. The highest BCUT2D eigenvalue weighted by Crippen LogP contribution is 2.25. The Bertz CT molecular complexity index is 796. The summed E-state index contributed by atoms with van der Waals surface area (Å²) in [6.07, 6.45) is 2.39. The second-order valence-corrected chi connectivity index (χ2v) is 7.47. The van der Waals surface area contributed by atoms with Crippen molar-refractivity contribution >= 4 is 17.5 Å². The van der Waals surface area contributed by atoms with Gasteiger partial charge < -0.3 is 14.7 Å². The van der Waals surface area contributed by atoms with E-state index < -0.39 is 0 Å². The van der Waals surface area contributed by atoms with Crippen LogP contribution < -0.4 is 9.80 Å². The zero-order chi connectivity index (χ0) is 20.1. The van der Waals surface area contributed by atoms with Gasteiger partial charge in [-0.2, -0.15) is 0 Å². The van der Waals surface area contributed by atoms with Gasteiger partial charge in [-0.1, -0.05) is 12.1 Å². The van der Waals surface area contributed by atoms with Gasteiger partial charge in [-0.25, -0.2) is 9.97 Å². The zero-order valence-corrected chi connectivity index (χ0v) is 17.5. The van der Waals surface area contributed by atoms with Crippen molar-refractivity contribution in [2.75, 3.05) is 49.6 Å². The summed E-state index contributed by atoms with van der Waals surface area (Å²) in [5, 5.41) is 0. The first-order chi connectivity index (χ1) is 13.5. The number of benzene rings is 1. The standard InChI is InChI=1S/C22H31N5O/c1-5-26(15-14-25(4)22-23-17(2)16-18(3)24-22)21(28)19-10-6-7-11-20(19)27-12-8-9-13-27/h6-7,10-11,16H,5,8-9,12-15H2,1-4H3. The largest absolute Gasteiger partial charge is 0.371 e. The van der Waals surface area contributed by atoms with E-state index in [2.05, 4.69) is 20.9 Å². The molecule has 0 radical (unpaired) electrons. The van der Waals surface area contributed by atoms with Crippen LogP contribution in [0.3, 0.4) is 0 Å². The molecule has 2 aromatic rings. The predicted molar refractivity (Wildman–Crippen MR) is 114 cm³/mol. The number of nitrogens with zero attached hydrogens (tertiary/aromatic N) is 5. The van der Waals surface area contributed by atoms with Crippen LogP contribution in [0.1, 0.15) is 41.5 Å². The average Bonchev–Trinajstić information content (AvgIpc) is 3.22. The maximum atomic E-state index is 13.3. The van der Waals surface area contributed by atoms with E-state index in [9.17, 15) is 4.79 Å². The number of hydrogen-bond acceptors (Lipinski definition) is 5. The molecular weight excluding hydrogens is 350 g/mol. The highest BCUT2D eigenvalue weighted by atomic mass is 16.2. The van der Waals surface area contributed by atoms with E-state index in [1.807, 2.05) is 61.9 Å². The van der Waals surface area contributed by atoms with E-state index in [0.717, 1.165) is 35.7 Å². The molecule has 2 heterocycles. The third-order valence-corrected chi connectivity index (χ3v) is 5.27. The van der Waals surface area contributed by atoms with Crippen molar-refractivity contribution in [1.29, 1.82) is 0 Å². The number of carbonyl (C=O) groups is 1. The van der Waals surface area contributed by atoms with Crippen molar-refractivity contribution in [2.45, 2.75) is 33.6 Å². The van der Waals surface area contributed by atoms with Crippen LogP contribution in [0, 0.1) is 13.8 Å². The Kier molecular flexibility index (Phi) is 6.49. The van der Waals surface area contributed by atoms with Crippen LogP contribution >= 0.6 is 0 Å². The van der Waals surface area contributed by atoms with Gasteiger partial charge in [0.05, 0.1) is 5.56 Å². The lowest BCUT2D eigenvalue weighted by Crippen LogP contribution is -2.38. The average molecular weight is 382 g/mol. The van der Waals surface area contributed by atoms with Crippen molar-refractivity contribution in [3.8, 4) is 0 Å². The minimum absolute atomic E-state index is 0.0970. The molecule has 6 heteroatoms. The van der Waals surface area contributed by atoms with E-state index in [-0.39, 0.29) is 5.91 Å². The first-order valence-corrected chi connectivity index (χ1v) is 10.2. The lowest BCUT2D eigenvalue weighted by atomic mass is 10.1. The molecule has 0 unspecified atom stereocenters. The van der Waals surface area contributed by atoms with E-state index >= 15 is 0 Å². The van der Waals surface area contributed by atoms with Crippen LogP contribution in [-0.2, 0) is 0 Å². The summed E-state index contributed by atoms with van der Waals surface area (Å²) in [5.41, 5.74) is 3.78. The second kappa shape index (κ2) is 9.04. The van der Waals surface area contributed by atoms with Crippen molar-refractivity contribution < 1.29 is 4.79 Å². The number of aryl methyl sites for hydroxylation is 2. The van der Waals surface area contributed by atoms with Gasteiger partial charge in [0.15, 0.2) is 0 Å². The topological polar surface area (TPSA) is 52.6 Å². The van der Waals surface area contributed by atoms with Gasteiger partial charge in [0.25, 0.3) is 5.91 Å². The number of rotatable bonds is 7. The van der Waals surface area contributed by atoms with Crippen LogP contribution in [0.5, 0.6) is 0 Å². The fraction of sp³-hybridized carbons (Fsp3) is 0.500. The number of carbonyl (C=O) groups excluding carboxylic acids is 1. The van der Waals surface area contributed by atoms with Gasteiger partial charge >= 0.3 is 0 Å². The summed E-state index contributed by atoms with van der Waals surface area (Å²) in [6.45, 7) is 10.0. The molecule has 0 saturated carbocycles. The maximum absolute atomic E-state index is 13.3. The Balaban J connectivity index is 1.70. The minimum Gasteiger partial charge on any atom is -0.371 e. The van der Waals surface area contributed by atoms with Crippen molar-refractivity contribution in [3.63, 3.8) is 0 Å². The quantitative estimate of drug-likeness (QED) is 0.737. The predicted octanol–water partition coefficient (Wildman–Crippen LogP) is 3.29. The summed E-state index contributed by atoms with van der Waals surface area (Å²) in [6, 6.07) is 9.97. The maximum Gasteiger partial charge on any atom is 0.256 e. The molecule has 1 saturated heterocycles. The molecular formula is C22H31N5O. The SMILES string of the molecule is CCN(CCN(C)c1nc(C)cc(C)n1)C(=O)c1ccccc1N1CCCC1. The van der Waals surface area contributed by atoms with Crippen molar-refractivity contribution in [1.82, 2.24) is 14.9 Å². The van der Waals surface area contributed by atoms with Gasteiger partial charge in [-0.05, 0) is 51.8 Å². The molecule has 3 rings (SSSR count). The molecule has 0 bridgehead atoms. The molecule has 1 amide bonds. The smallest absolute Gasteiger partial charge is 0.256 e. The van der Waals surface area contributed by atoms with Crippen LogP contribution in [0.2, 0.25) is 0 Å². The lowest BCUT2D eigenvalue weighted by Gasteiger charge is -2.27. The van der Waals surface area contributed by atoms with Gasteiger partial charge in [0, 0.05) is 56.8 Å². The molecule has 1 aliphatic heterocycles. The summed E-state index contributed by atoms with van der Waals surface area (Å²) in [5.74, 6) is 0.804. The molecule has 6 nitrogen and oxygen atoms in total. The highest BCUT2D eigenvalue weighted by molar-refractivity contribution is 5.99. The van der Waals surface area contributed by atoms with Gasteiger partial charge in [-0.15, -0.1) is 0 Å². The fourth-order valence-electron chi connectivity index (χ4n) is 3.71. The van der Waals surface area contributed by atoms with Crippen LogP contribution in [0.25, 0.3) is 0 Å². The summed E-state index contributed by atoms with van der Waals surface area (Å²) < 4.78 is 0. The summed E-state index contributed by atoms with van der Waals surface area (Å²) in [4.78, 5) is 28.5. The number of amides is 1. The fourth-order valence-corrected chi connectivity index (χ4v) is 3.71. The molecule has 0 N–H and O–H groups in total. The summed E-state index contributed by atoms with van der Waals surface area (Å²) in [7, 11) is 1.98. The third-order valence-electron chi connectivity index (χ3n) is 5.27.